The molecule has 2 aromatic carbocycles. The van der Waals surface area contributed by atoms with E-state index in [0.717, 1.165) is 27.6 Å². The molecule has 4 aromatic rings. The van der Waals surface area contributed by atoms with E-state index in [9.17, 15) is 0 Å². The number of pyridine rings is 1. The van der Waals surface area contributed by atoms with Crippen LogP contribution in [0.3, 0.4) is 0 Å². The number of benzene rings is 2. The van der Waals surface area contributed by atoms with Crippen LogP contribution in [0.4, 0.5) is 5.69 Å². The lowest BCUT2D eigenvalue weighted by Crippen LogP contribution is -2.02. The molecule has 2 heterocycles. The molecule has 20 heavy (non-hydrogen) atoms. The van der Waals surface area contributed by atoms with Crippen molar-refractivity contribution in [1.29, 1.82) is 0 Å². The minimum atomic E-state index is 0.659. The summed E-state index contributed by atoms with van der Waals surface area (Å²) >= 11 is 0. The van der Waals surface area contributed by atoms with E-state index in [1.165, 1.54) is 0 Å². The fraction of sp³-hybridized carbons (Fsp3) is 0. The fourth-order valence-corrected chi connectivity index (χ4v) is 2.40. The van der Waals surface area contributed by atoms with Gasteiger partial charge in [-0.25, -0.2) is 4.68 Å². The smallest absolute Gasteiger partial charge is 0.113 e. The summed E-state index contributed by atoms with van der Waals surface area (Å²) in [5, 5.41) is 9.28. The fourth-order valence-electron chi connectivity index (χ4n) is 2.40. The molecule has 0 spiro atoms. The summed E-state index contributed by atoms with van der Waals surface area (Å²) in [4.78, 5) is 4.30. The number of anilines is 1. The molecule has 0 saturated carbocycles. The SMILES string of the molecule is Nc1c(-n2nnc3ccccc32)ccc2ncccc12. The Kier molecular flexibility index (Phi) is 2.20. The van der Waals surface area contributed by atoms with E-state index >= 15 is 0 Å². The van der Waals surface area contributed by atoms with Gasteiger partial charge in [-0.05, 0) is 36.4 Å². The zero-order valence-electron chi connectivity index (χ0n) is 10.6. The summed E-state index contributed by atoms with van der Waals surface area (Å²) in [6.07, 6.45) is 1.76. The number of hydrogen-bond acceptors (Lipinski definition) is 4. The molecule has 0 bridgehead atoms. The van der Waals surface area contributed by atoms with Crippen molar-refractivity contribution in [3.63, 3.8) is 0 Å². The first-order chi connectivity index (χ1) is 9.84. The van der Waals surface area contributed by atoms with Crippen molar-refractivity contribution in [2.45, 2.75) is 0 Å². The van der Waals surface area contributed by atoms with Gasteiger partial charge in [-0.2, -0.15) is 0 Å². The maximum absolute atomic E-state index is 6.27. The van der Waals surface area contributed by atoms with Crippen molar-refractivity contribution >= 4 is 27.6 Å². The molecule has 5 heteroatoms. The van der Waals surface area contributed by atoms with E-state index in [0.29, 0.717) is 5.69 Å². The van der Waals surface area contributed by atoms with Crippen LogP contribution in [0.5, 0.6) is 0 Å². The minimum absolute atomic E-state index is 0.659. The second-order valence-corrected chi connectivity index (χ2v) is 4.56. The van der Waals surface area contributed by atoms with Gasteiger partial charge in [0, 0.05) is 11.6 Å². The van der Waals surface area contributed by atoms with Gasteiger partial charge in [0.2, 0.25) is 0 Å². The molecule has 4 rings (SSSR count). The predicted octanol–water partition coefficient (Wildman–Crippen LogP) is 2.55. The van der Waals surface area contributed by atoms with Crippen LogP contribution in [-0.4, -0.2) is 20.0 Å². The molecule has 0 saturated heterocycles. The van der Waals surface area contributed by atoms with Crippen molar-refractivity contribution in [3.8, 4) is 5.69 Å². The van der Waals surface area contributed by atoms with Crippen LogP contribution in [0.2, 0.25) is 0 Å². The molecular formula is C15H11N5. The molecule has 0 unspecified atom stereocenters. The molecule has 0 aliphatic heterocycles. The van der Waals surface area contributed by atoms with Crippen molar-refractivity contribution in [2.24, 2.45) is 0 Å². The van der Waals surface area contributed by atoms with Crippen LogP contribution in [0.25, 0.3) is 27.6 Å². The Morgan fingerprint density at radius 3 is 2.75 bits per heavy atom. The van der Waals surface area contributed by atoms with Crippen molar-refractivity contribution < 1.29 is 0 Å². The highest BCUT2D eigenvalue weighted by atomic mass is 15.4. The summed E-state index contributed by atoms with van der Waals surface area (Å²) in [5.74, 6) is 0. The summed E-state index contributed by atoms with van der Waals surface area (Å²) in [5.41, 5.74) is 10.4. The number of nitrogens with two attached hydrogens (primary N) is 1. The molecule has 5 nitrogen and oxygen atoms in total. The Morgan fingerprint density at radius 2 is 1.80 bits per heavy atom. The van der Waals surface area contributed by atoms with E-state index in [1.807, 2.05) is 48.5 Å². The zero-order valence-corrected chi connectivity index (χ0v) is 10.6. The predicted molar refractivity (Wildman–Crippen MR) is 78.6 cm³/mol. The van der Waals surface area contributed by atoms with Crippen molar-refractivity contribution in [3.05, 3.63) is 54.7 Å². The van der Waals surface area contributed by atoms with Gasteiger partial charge in [-0.3, -0.25) is 4.98 Å². The quantitative estimate of drug-likeness (QED) is 0.534. The average Bonchev–Trinajstić information content (AvgIpc) is 2.92. The van der Waals surface area contributed by atoms with Crippen LogP contribution >= 0.6 is 0 Å². The summed E-state index contributed by atoms with van der Waals surface area (Å²) in [6, 6.07) is 15.5. The molecule has 96 valence electrons. The van der Waals surface area contributed by atoms with Gasteiger partial charge in [0.15, 0.2) is 0 Å². The summed E-state index contributed by atoms with van der Waals surface area (Å²) < 4.78 is 1.76. The number of fused-ring (bicyclic) bond motifs is 2. The van der Waals surface area contributed by atoms with Gasteiger partial charge in [0.05, 0.1) is 22.4 Å². The molecule has 2 N–H and O–H groups in total. The lowest BCUT2D eigenvalue weighted by Gasteiger charge is -2.08. The molecule has 0 amide bonds. The number of nitrogens with zero attached hydrogens (tertiary/aromatic N) is 4. The third-order valence-electron chi connectivity index (χ3n) is 3.38. The largest absolute Gasteiger partial charge is 0.396 e. The highest BCUT2D eigenvalue weighted by Gasteiger charge is 2.11. The first-order valence-electron chi connectivity index (χ1n) is 6.28. The van der Waals surface area contributed by atoms with E-state index in [1.54, 1.807) is 10.9 Å². The third-order valence-corrected chi connectivity index (χ3v) is 3.38. The Hall–Kier alpha value is -2.95. The van der Waals surface area contributed by atoms with Gasteiger partial charge in [-0.15, -0.1) is 5.10 Å². The average molecular weight is 261 g/mol. The van der Waals surface area contributed by atoms with E-state index in [-0.39, 0.29) is 0 Å². The minimum Gasteiger partial charge on any atom is -0.396 e. The van der Waals surface area contributed by atoms with E-state index in [4.69, 9.17) is 5.73 Å². The van der Waals surface area contributed by atoms with Crippen LogP contribution < -0.4 is 5.73 Å². The summed E-state index contributed by atoms with van der Waals surface area (Å²) in [6.45, 7) is 0. The first-order valence-corrected chi connectivity index (χ1v) is 6.28. The Labute approximate surface area is 114 Å². The van der Waals surface area contributed by atoms with E-state index < -0.39 is 0 Å². The van der Waals surface area contributed by atoms with Gasteiger partial charge < -0.3 is 5.73 Å². The van der Waals surface area contributed by atoms with Crippen LogP contribution in [-0.2, 0) is 0 Å². The highest BCUT2D eigenvalue weighted by Crippen LogP contribution is 2.27. The molecule has 0 fully saturated rings. The van der Waals surface area contributed by atoms with Crippen LogP contribution in [0.1, 0.15) is 0 Å². The number of rotatable bonds is 1. The van der Waals surface area contributed by atoms with E-state index in [2.05, 4.69) is 15.3 Å². The standard InChI is InChI=1S/C15H11N5/c16-15-10-4-3-9-17-11(10)7-8-14(15)20-13-6-2-1-5-12(13)18-19-20/h1-9H,16H2. The summed E-state index contributed by atoms with van der Waals surface area (Å²) in [7, 11) is 0. The molecule has 0 aliphatic carbocycles. The highest BCUT2D eigenvalue weighted by molar-refractivity contribution is 5.95. The van der Waals surface area contributed by atoms with Gasteiger partial charge in [0.25, 0.3) is 0 Å². The van der Waals surface area contributed by atoms with Gasteiger partial charge >= 0.3 is 0 Å². The van der Waals surface area contributed by atoms with Crippen LogP contribution in [0.15, 0.2) is 54.7 Å². The van der Waals surface area contributed by atoms with Crippen molar-refractivity contribution in [1.82, 2.24) is 20.0 Å². The number of para-hydroxylation sites is 1. The van der Waals surface area contributed by atoms with Crippen LogP contribution in [0, 0.1) is 0 Å². The molecule has 2 aromatic heterocycles. The maximum Gasteiger partial charge on any atom is 0.113 e. The second-order valence-electron chi connectivity index (χ2n) is 4.56. The van der Waals surface area contributed by atoms with Crippen molar-refractivity contribution in [2.75, 3.05) is 5.73 Å². The molecule has 0 radical (unpaired) electrons. The first kappa shape index (κ1) is 10.9. The topological polar surface area (TPSA) is 69.6 Å². The Morgan fingerprint density at radius 1 is 0.900 bits per heavy atom. The maximum atomic E-state index is 6.27. The Bertz CT molecular complexity index is 926. The van der Waals surface area contributed by atoms with Gasteiger partial charge in [-0.1, -0.05) is 17.3 Å². The molecule has 0 atom stereocenters. The van der Waals surface area contributed by atoms with Gasteiger partial charge in [0.1, 0.15) is 5.52 Å². The second kappa shape index (κ2) is 4.03. The Balaban J connectivity index is 2.05. The number of aromatic nitrogens is 4. The normalized spacial score (nSPS) is 11.2. The number of nitrogen functional groups attached to an aromatic ring is 1. The third kappa shape index (κ3) is 1.46. The number of hydrogen-bond donors (Lipinski definition) is 1. The monoisotopic (exact) mass is 261 g/mol. The molecular weight excluding hydrogens is 250 g/mol. The molecule has 0 aliphatic rings. The lowest BCUT2D eigenvalue weighted by molar-refractivity contribution is 0.826. The zero-order chi connectivity index (χ0) is 13.5. The lowest BCUT2D eigenvalue weighted by atomic mass is 10.1.